The van der Waals surface area contributed by atoms with Gasteiger partial charge in [-0.3, -0.25) is 9.69 Å². The number of unbranched alkanes of at least 4 members (excludes halogenated alkanes) is 1. The van der Waals surface area contributed by atoms with Crippen LogP contribution in [0.25, 0.3) is 10.9 Å². The molecule has 1 saturated heterocycles. The number of hydrogen-bond donors (Lipinski definition) is 2. The molecule has 1 aliphatic rings. The first-order valence-electron chi connectivity index (χ1n) is 12.3. The van der Waals surface area contributed by atoms with E-state index in [4.69, 9.17) is 9.47 Å². The third-order valence-electron chi connectivity index (χ3n) is 6.01. The number of aromatic nitrogens is 1. The van der Waals surface area contributed by atoms with Gasteiger partial charge in [-0.15, -0.1) is 0 Å². The Kier molecular flexibility index (Phi) is 8.60. The molecule has 0 aliphatic carbocycles. The molecule has 1 aliphatic heterocycles. The van der Waals surface area contributed by atoms with Crippen LogP contribution in [0.3, 0.4) is 0 Å². The summed E-state index contributed by atoms with van der Waals surface area (Å²) in [7, 11) is 0. The van der Waals surface area contributed by atoms with Crippen LogP contribution in [0.5, 0.6) is 0 Å². The van der Waals surface area contributed by atoms with Crippen molar-refractivity contribution >= 4 is 35.0 Å². The van der Waals surface area contributed by atoms with Crippen LogP contribution in [0.1, 0.15) is 58.9 Å². The molecule has 1 aromatic heterocycles. The van der Waals surface area contributed by atoms with Crippen molar-refractivity contribution in [1.29, 1.82) is 0 Å². The van der Waals surface area contributed by atoms with E-state index in [1.807, 2.05) is 31.2 Å². The second kappa shape index (κ2) is 11.5. The number of ether oxygens (including phenoxy) is 2. The largest absolute Gasteiger partial charge is 0.480 e. The molecule has 2 N–H and O–H groups in total. The fraction of sp³-hybridized carbons (Fsp3) is 0.538. The molecule has 0 spiro atoms. The summed E-state index contributed by atoms with van der Waals surface area (Å²) < 4.78 is 10.7. The summed E-state index contributed by atoms with van der Waals surface area (Å²) in [5.74, 6) is -2.13. The number of carboxylic acid groups (broad SMARTS) is 1. The van der Waals surface area contributed by atoms with Crippen LogP contribution in [-0.2, 0) is 25.5 Å². The van der Waals surface area contributed by atoms with Crippen LogP contribution >= 0.6 is 0 Å². The Bertz CT molecular complexity index is 1100. The Morgan fingerprint density at radius 2 is 1.94 bits per heavy atom. The topological polar surface area (TPSA) is 129 Å². The number of nitrogens with zero attached hydrogens (tertiary/aromatic N) is 2. The van der Waals surface area contributed by atoms with Crippen molar-refractivity contribution in [2.75, 3.05) is 13.2 Å². The Hall–Kier alpha value is -3.56. The van der Waals surface area contributed by atoms with Gasteiger partial charge in [0.25, 0.3) is 5.91 Å². The number of aromatic amines is 1. The third-order valence-corrected chi connectivity index (χ3v) is 6.01. The summed E-state index contributed by atoms with van der Waals surface area (Å²) in [6.45, 7) is 7.40. The number of para-hydroxylation sites is 1. The lowest BCUT2D eigenvalue weighted by atomic mass is 10.0. The molecule has 2 heterocycles. The van der Waals surface area contributed by atoms with Crippen molar-refractivity contribution in [1.82, 2.24) is 14.8 Å². The van der Waals surface area contributed by atoms with Gasteiger partial charge in [0.05, 0.1) is 6.61 Å². The van der Waals surface area contributed by atoms with E-state index in [9.17, 15) is 24.3 Å². The number of fused-ring (bicyclic) bond motifs is 1. The highest BCUT2D eigenvalue weighted by molar-refractivity contribution is 6.00. The zero-order chi connectivity index (χ0) is 26.5. The Labute approximate surface area is 210 Å². The normalized spacial score (nSPS) is 16.6. The number of carboxylic acids is 1. The highest BCUT2D eigenvalue weighted by Gasteiger charge is 2.45. The van der Waals surface area contributed by atoms with E-state index < -0.39 is 41.7 Å². The molecule has 0 unspecified atom stereocenters. The van der Waals surface area contributed by atoms with E-state index in [-0.39, 0.29) is 26.0 Å². The number of imide groups is 1. The minimum absolute atomic E-state index is 0.0545. The van der Waals surface area contributed by atoms with Gasteiger partial charge in [-0.25, -0.2) is 19.3 Å². The zero-order valence-corrected chi connectivity index (χ0v) is 21.3. The zero-order valence-electron chi connectivity index (χ0n) is 21.3. The fourth-order valence-electron chi connectivity index (χ4n) is 4.27. The van der Waals surface area contributed by atoms with E-state index in [1.165, 1.54) is 4.90 Å². The summed E-state index contributed by atoms with van der Waals surface area (Å²) in [6.07, 6.45) is 1.99. The van der Waals surface area contributed by atoms with Crippen molar-refractivity contribution in [2.24, 2.45) is 0 Å². The third kappa shape index (κ3) is 6.35. The van der Waals surface area contributed by atoms with Crippen LogP contribution in [0.2, 0.25) is 0 Å². The quantitative estimate of drug-likeness (QED) is 0.515. The Morgan fingerprint density at radius 1 is 1.22 bits per heavy atom. The summed E-state index contributed by atoms with van der Waals surface area (Å²) in [6, 6.07) is 4.83. The first-order chi connectivity index (χ1) is 17.0. The van der Waals surface area contributed by atoms with Crippen molar-refractivity contribution in [3.05, 3.63) is 36.0 Å². The predicted molar refractivity (Wildman–Crippen MR) is 132 cm³/mol. The first-order valence-corrected chi connectivity index (χ1v) is 12.3. The maximum Gasteiger partial charge on any atom is 0.417 e. The number of hydrogen-bond acceptors (Lipinski definition) is 6. The van der Waals surface area contributed by atoms with Gasteiger partial charge in [0.15, 0.2) is 0 Å². The molecule has 10 heteroatoms. The standard InChI is InChI=1S/C26H35N3O7/c1-5-6-14-35-25(34)29(22(30)20-12-9-13-28(20)24(33)36-26(2,3)4)21(23(31)32)15-17-16-27-19-11-8-7-10-18(17)19/h7-8,10-11,16,20-21,27H,5-6,9,12-15H2,1-4H3,(H,31,32)/t20-,21+/m1/s1. The summed E-state index contributed by atoms with van der Waals surface area (Å²) >= 11 is 0. The highest BCUT2D eigenvalue weighted by Crippen LogP contribution is 2.26. The number of carbonyl (C=O) groups is 4. The van der Waals surface area contributed by atoms with Gasteiger partial charge in [-0.1, -0.05) is 31.5 Å². The van der Waals surface area contributed by atoms with Crippen molar-refractivity contribution in [3.8, 4) is 0 Å². The minimum atomic E-state index is -1.52. The molecule has 3 rings (SSSR count). The lowest BCUT2D eigenvalue weighted by Gasteiger charge is -2.32. The maximum absolute atomic E-state index is 13.7. The van der Waals surface area contributed by atoms with Gasteiger partial charge >= 0.3 is 18.2 Å². The number of likely N-dealkylation sites (tertiary alicyclic amines) is 1. The van der Waals surface area contributed by atoms with Crippen LogP contribution in [0, 0.1) is 0 Å². The molecule has 2 atom stereocenters. The molecule has 196 valence electrons. The van der Waals surface area contributed by atoms with Crippen molar-refractivity contribution in [2.45, 2.75) is 77.5 Å². The fourth-order valence-corrected chi connectivity index (χ4v) is 4.27. The second-order valence-electron chi connectivity index (χ2n) is 9.93. The highest BCUT2D eigenvalue weighted by atomic mass is 16.6. The molecule has 2 aromatic rings. The molecular formula is C26H35N3O7. The molecule has 1 aromatic carbocycles. The first kappa shape index (κ1) is 27.0. The maximum atomic E-state index is 13.7. The van der Waals surface area contributed by atoms with Gasteiger partial charge in [-0.05, 0) is 51.7 Å². The lowest BCUT2D eigenvalue weighted by Crippen LogP contribution is -2.56. The summed E-state index contributed by atoms with van der Waals surface area (Å²) in [5, 5.41) is 10.9. The molecular weight excluding hydrogens is 466 g/mol. The lowest BCUT2D eigenvalue weighted by molar-refractivity contribution is -0.150. The number of nitrogens with one attached hydrogen (secondary N) is 1. The number of rotatable bonds is 8. The monoisotopic (exact) mass is 501 g/mol. The number of amides is 3. The minimum Gasteiger partial charge on any atom is -0.480 e. The summed E-state index contributed by atoms with van der Waals surface area (Å²) in [4.78, 5) is 57.1. The van der Waals surface area contributed by atoms with E-state index >= 15 is 0 Å². The molecule has 1 fully saturated rings. The Morgan fingerprint density at radius 3 is 2.61 bits per heavy atom. The van der Waals surface area contributed by atoms with Gasteiger partial charge in [0.2, 0.25) is 0 Å². The van der Waals surface area contributed by atoms with E-state index in [1.54, 1.807) is 27.0 Å². The van der Waals surface area contributed by atoms with Crippen molar-refractivity contribution in [3.63, 3.8) is 0 Å². The summed E-state index contributed by atoms with van der Waals surface area (Å²) in [5.41, 5.74) is 0.685. The number of benzene rings is 1. The molecule has 10 nitrogen and oxygen atoms in total. The van der Waals surface area contributed by atoms with E-state index in [0.717, 1.165) is 17.3 Å². The van der Waals surface area contributed by atoms with Crippen LogP contribution < -0.4 is 0 Å². The Balaban J connectivity index is 1.93. The van der Waals surface area contributed by atoms with Gasteiger partial charge in [0.1, 0.15) is 17.7 Å². The number of carbonyl (C=O) groups excluding carboxylic acids is 3. The van der Waals surface area contributed by atoms with Crippen LogP contribution in [0.4, 0.5) is 9.59 Å². The van der Waals surface area contributed by atoms with Gasteiger partial charge < -0.3 is 19.6 Å². The molecule has 0 saturated carbocycles. The van der Waals surface area contributed by atoms with Crippen LogP contribution in [-0.4, -0.2) is 74.8 Å². The average molecular weight is 502 g/mol. The smallest absolute Gasteiger partial charge is 0.417 e. The molecule has 0 radical (unpaired) electrons. The second-order valence-corrected chi connectivity index (χ2v) is 9.93. The predicted octanol–water partition coefficient (Wildman–Crippen LogP) is 4.33. The SMILES string of the molecule is CCCCOC(=O)N(C(=O)[C@H]1CCCN1C(=O)OC(C)(C)C)[C@@H](Cc1c[nH]c2ccccc12)C(=O)O. The molecule has 3 amide bonds. The van der Waals surface area contributed by atoms with Crippen molar-refractivity contribution < 1.29 is 33.8 Å². The van der Waals surface area contributed by atoms with Gasteiger partial charge in [-0.2, -0.15) is 0 Å². The number of H-pyrrole nitrogens is 1. The van der Waals surface area contributed by atoms with E-state index in [2.05, 4.69) is 4.98 Å². The van der Waals surface area contributed by atoms with Gasteiger partial charge in [0, 0.05) is 30.1 Å². The molecule has 0 bridgehead atoms. The average Bonchev–Trinajstić information content (AvgIpc) is 3.45. The van der Waals surface area contributed by atoms with E-state index in [0.29, 0.717) is 23.3 Å². The molecule has 36 heavy (non-hydrogen) atoms. The van der Waals surface area contributed by atoms with Crippen LogP contribution in [0.15, 0.2) is 30.5 Å². The number of aliphatic carboxylic acids is 1.